The Bertz CT molecular complexity index is 482. The standard InChI is InChI=1S/C10H10N4O2S/c11-2-8-1-9(14(15)16)4-13-10(8)12-3-7-5-17-6-7/h1,4,7H,3,5-6H2,(H,12,13). The fourth-order valence-corrected chi connectivity index (χ4v) is 2.23. The minimum atomic E-state index is -0.555. The summed E-state index contributed by atoms with van der Waals surface area (Å²) in [6.07, 6.45) is 1.17. The summed E-state index contributed by atoms with van der Waals surface area (Å²) in [5.41, 5.74) is 0.0532. The Kier molecular flexibility index (Phi) is 3.44. The monoisotopic (exact) mass is 250 g/mol. The van der Waals surface area contributed by atoms with Gasteiger partial charge in [0.15, 0.2) is 0 Å². The highest BCUT2D eigenvalue weighted by atomic mass is 32.2. The van der Waals surface area contributed by atoms with Crippen molar-refractivity contribution in [1.29, 1.82) is 5.26 Å². The van der Waals surface area contributed by atoms with E-state index in [2.05, 4.69) is 10.3 Å². The van der Waals surface area contributed by atoms with Crippen LogP contribution in [-0.2, 0) is 0 Å². The summed E-state index contributed by atoms with van der Waals surface area (Å²) in [4.78, 5) is 13.9. The van der Waals surface area contributed by atoms with Gasteiger partial charge < -0.3 is 5.32 Å². The van der Waals surface area contributed by atoms with Crippen LogP contribution >= 0.6 is 11.8 Å². The van der Waals surface area contributed by atoms with Gasteiger partial charge in [-0.1, -0.05) is 0 Å². The minimum Gasteiger partial charge on any atom is -0.369 e. The lowest BCUT2D eigenvalue weighted by Gasteiger charge is -2.25. The van der Waals surface area contributed by atoms with Gasteiger partial charge in [-0.3, -0.25) is 10.1 Å². The first-order valence-electron chi connectivity index (χ1n) is 5.07. The van der Waals surface area contributed by atoms with Crippen LogP contribution in [0.4, 0.5) is 11.5 Å². The number of nitro groups is 1. The van der Waals surface area contributed by atoms with Gasteiger partial charge in [0.25, 0.3) is 5.69 Å². The number of anilines is 1. The second-order valence-electron chi connectivity index (χ2n) is 3.74. The van der Waals surface area contributed by atoms with Gasteiger partial charge >= 0.3 is 0 Å². The summed E-state index contributed by atoms with van der Waals surface area (Å²) in [6.45, 7) is 0.756. The molecule has 1 saturated heterocycles. The maximum atomic E-state index is 10.5. The van der Waals surface area contributed by atoms with Gasteiger partial charge in [0.1, 0.15) is 23.6 Å². The van der Waals surface area contributed by atoms with Crippen molar-refractivity contribution in [2.75, 3.05) is 23.4 Å². The largest absolute Gasteiger partial charge is 0.369 e. The quantitative estimate of drug-likeness (QED) is 0.645. The smallest absolute Gasteiger partial charge is 0.289 e. The van der Waals surface area contributed by atoms with Crippen LogP contribution in [0.25, 0.3) is 0 Å². The highest BCUT2D eigenvalue weighted by Gasteiger charge is 2.19. The SMILES string of the molecule is N#Cc1cc([N+](=O)[O-])cnc1NCC1CSC1. The van der Waals surface area contributed by atoms with Crippen molar-refractivity contribution in [3.05, 3.63) is 27.9 Å². The molecule has 1 aromatic heterocycles. The minimum absolute atomic E-state index is 0.161. The average molecular weight is 250 g/mol. The van der Waals surface area contributed by atoms with E-state index in [4.69, 9.17) is 5.26 Å². The first-order chi connectivity index (χ1) is 8.20. The number of pyridine rings is 1. The number of aromatic nitrogens is 1. The van der Waals surface area contributed by atoms with Gasteiger partial charge in [-0.25, -0.2) is 4.98 Å². The molecule has 1 fully saturated rings. The van der Waals surface area contributed by atoms with E-state index in [1.54, 1.807) is 0 Å². The zero-order chi connectivity index (χ0) is 12.3. The molecule has 1 aliphatic heterocycles. The molecule has 0 atom stereocenters. The summed E-state index contributed by atoms with van der Waals surface area (Å²) in [7, 11) is 0. The normalized spacial score (nSPS) is 14.8. The molecule has 1 aliphatic rings. The van der Waals surface area contributed by atoms with Crippen LogP contribution in [0.15, 0.2) is 12.3 Å². The second kappa shape index (κ2) is 5.01. The molecule has 0 spiro atoms. The average Bonchev–Trinajstić information content (AvgIpc) is 2.27. The Morgan fingerprint density at radius 1 is 1.71 bits per heavy atom. The van der Waals surface area contributed by atoms with Crippen LogP contribution in [0.5, 0.6) is 0 Å². The van der Waals surface area contributed by atoms with Gasteiger partial charge in [-0.15, -0.1) is 0 Å². The molecule has 6 nitrogen and oxygen atoms in total. The molecular weight excluding hydrogens is 240 g/mol. The van der Waals surface area contributed by atoms with Crippen LogP contribution in [0, 0.1) is 27.4 Å². The van der Waals surface area contributed by atoms with Crippen molar-refractivity contribution in [3.63, 3.8) is 0 Å². The van der Waals surface area contributed by atoms with Crippen LogP contribution in [0.2, 0.25) is 0 Å². The molecule has 0 aromatic carbocycles. The van der Waals surface area contributed by atoms with Crippen molar-refractivity contribution in [1.82, 2.24) is 4.98 Å². The van der Waals surface area contributed by atoms with Gasteiger partial charge in [-0.2, -0.15) is 17.0 Å². The van der Waals surface area contributed by atoms with Crippen molar-refractivity contribution in [2.45, 2.75) is 0 Å². The van der Waals surface area contributed by atoms with E-state index >= 15 is 0 Å². The molecular formula is C10H10N4O2S. The molecule has 0 bridgehead atoms. The zero-order valence-electron chi connectivity index (χ0n) is 8.92. The van der Waals surface area contributed by atoms with Crippen LogP contribution < -0.4 is 5.32 Å². The molecule has 0 radical (unpaired) electrons. The number of nitrogens with zero attached hydrogens (tertiary/aromatic N) is 3. The molecule has 2 rings (SSSR count). The maximum Gasteiger partial charge on any atom is 0.289 e. The fourth-order valence-electron chi connectivity index (χ4n) is 1.42. The third kappa shape index (κ3) is 2.65. The van der Waals surface area contributed by atoms with Gasteiger partial charge in [0, 0.05) is 12.6 Å². The van der Waals surface area contributed by atoms with Crippen molar-refractivity contribution >= 4 is 23.3 Å². The van der Waals surface area contributed by atoms with Crippen LogP contribution in [-0.4, -0.2) is 28.0 Å². The third-order valence-corrected chi connectivity index (χ3v) is 3.88. The number of hydrogen-bond acceptors (Lipinski definition) is 6. The second-order valence-corrected chi connectivity index (χ2v) is 4.82. The topological polar surface area (TPSA) is 91.8 Å². The Balaban J connectivity index is 2.10. The molecule has 17 heavy (non-hydrogen) atoms. The predicted molar refractivity (Wildman–Crippen MR) is 64.9 cm³/mol. The van der Waals surface area contributed by atoms with Crippen LogP contribution in [0.1, 0.15) is 5.56 Å². The number of thioether (sulfide) groups is 1. The molecule has 0 unspecified atom stereocenters. The summed E-state index contributed by atoms with van der Waals surface area (Å²) in [5, 5.41) is 22.5. The van der Waals surface area contributed by atoms with E-state index in [1.807, 2.05) is 17.8 Å². The number of hydrogen-bond donors (Lipinski definition) is 1. The Labute approximate surface area is 102 Å². The van der Waals surface area contributed by atoms with E-state index in [0.717, 1.165) is 18.1 Å². The highest BCUT2D eigenvalue weighted by Crippen LogP contribution is 2.25. The van der Waals surface area contributed by atoms with E-state index in [-0.39, 0.29) is 11.3 Å². The molecule has 7 heteroatoms. The van der Waals surface area contributed by atoms with Crippen LogP contribution in [0.3, 0.4) is 0 Å². The molecule has 2 heterocycles. The number of nitriles is 1. The van der Waals surface area contributed by atoms with Gasteiger partial charge in [-0.05, 0) is 17.4 Å². The predicted octanol–water partition coefficient (Wildman–Crippen LogP) is 1.64. The molecule has 0 saturated carbocycles. The van der Waals surface area contributed by atoms with Crippen molar-refractivity contribution in [3.8, 4) is 6.07 Å². The summed E-state index contributed by atoms with van der Waals surface area (Å²) < 4.78 is 0. The highest BCUT2D eigenvalue weighted by molar-refractivity contribution is 8.00. The lowest BCUT2D eigenvalue weighted by atomic mass is 10.2. The Morgan fingerprint density at radius 2 is 2.47 bits per heavy atom. The molecule has 0 amide bonds. The summed E-state index contributed by atoms with van der Waals surface area (Å²) >= 11 is 1.88. The fraction of sp³-hybridized carbons (Fsp3) is 0.400. The maximum absolute atomic E-state index is 10.5. The molecule has 0 aliphatic carbocycles. The first kappa shape index (κ1) is 11.7. The van der Waals surface area contributed by atoms with Crippen molar-refractivity contribution < 1.29 is 4.92 Å². The Morgan fingerprint density at radius 3 is 3.00 bits per heavy atom. The lowest BCUT2D eigenvalue weighted by molar-refractivity contribution is -0.385. The van der Waals surface area contributed by atoms with E-state index in [9.17, 15) is 10.1 Å². The van der Waals surface area contributed by atoms with E-state index in [1.165, 1.54) is 12.3 Å². The molecule has 1 N–H and O–H groups in total. The Hall–Kier alpha value is -1.81. The lowest BCUT2D eigenvalue weighted by Crippen LogP contribution is -2.26. The summed E-state index contributed by atoms with van der Waals surface area (Å²) in [5.74, 6) is 3.25. The van der Waals surface area contributed by atoms with Gasteiger partial charge in [0.05, 0.1) is 4.92 Å². The van der Waals surface area contributed by atoms with E-state index in [0.29, 0.717) is 11.7 Å². The summed E-state index contributed by atoms with van der Waals surface area (Å²) in [6, 6.07) is 3.16. The molecule has 88 valence electrons. The van der Waals surface area contributed by atoms with Gasteiger partial charge in [0.2, 0.25) is 0 Å². The van der Waals surface area contributed by atoms with E-state index < -0.39 is 4.92 Å². The number of nitrogens with one attached hydrogen (secondary N) is 1. The third-order valence-electron chi connectivity index (χ3n) is 2.47. The number of rotatable bonds is 4. The molecule has 1 aromatic rings. The zero-order valence-corrected chi connectivity index (χ0v) is 9.74. The van der Waals surface area contributed by atoms with Crippen molar-refractivity contribution in [2.24, 2.45) is 5.92 Å². The first-order valence-corrected chi connectivity index (χ1v) is 6.22.